The second kappa shape index (κ2) is 5.13. The summed E-state index contributed by atoms with van der Waals surface area (Å²) in [5.41, 5.74) is 1.48. The molecule has 2 heterocycles. The van der Waals surface area contributed by atoms with Crippen molar-refractivity contribution in [1.29, 1.82) is 0 Å². The summed E-state index contributed by atoms with van der Waals surface area (Å²) in [6, 6.07) is 3.43. The van der Waals surface area contributed by atoms with E-state index in [1.807, 2.05) is 0 Å². The maximum atomic E-state index is 12.0. The number of amides is 1. The van der Waals surface area contributed by atoms with Crippen LogP contribution in [-0.4, -0.2) is 22.2 Å². The zero-order valence-electron chi connectivity index (χ0n) is 11.2. The van der Waals surface area contributed by atoms with E-state index in [1.165, 1.54) is 0 Å². The quantitative estimate of drug-likeness (QED) is 0.883. The first-order chi connectivity index (χ1) is 9.67. The van der Waals surface area contributed by atoms with E-state index in [1.54, 1.807) is 19.1 Å². The van der Waals surface area contributed by atoms with Crippen LogP contribution >= 0.6 is 0 Å². The molecule has 0 saturated heterocycles. The van der Waals surface area contributed by atoms with Gasteiger partial charge in [-0.1, -0.05) is 5.16 Å². The number of rotatable bonds is 3. The minimum Gasteiger partial charge on any atom is -0.456 e. The van der Waals surface area contributed by atoms with Crippen LogP contribution in [0.5, 0.6) is 0 Å². The lowest BCUT2D eigenvalue weighted by molar-refractivity contribution is 0.0903. The summed E-state index contributed by atoms with van der Waals surface area (Å²) in [6.07, 6.45) is 2.13. The summed E-state index contributed by atoms with van der Waals surface area (Å²) >= 11 is 0. The molecule has 6 heteroatoms. The third-order valence-electron chi connectivity index (χ3n) is 3.57. The van der Waals surface area contributed by atoms with Crippen LogP contribution in [0.1, 0.15) is 39.8 Å². The molecule has 2 aromatic heterocycles. The van der Waals surface area contributed by atoms with E-state index in [0.717, 1.165) is 17.7 Å². The topological polar surface area (TPSA) is 88.5 Å². The van der Waals surface area contributed by atoms with E-state index in [9.17, 15) is 9.90 Å². The fourth-order valence-electron chi connectivity index (χ4n) is 2.52. The molecule has 1 aliphatic carbocycles. The predicted octanol–water partition coefficient (Wildman–Crippen LogP) is 1.36. The molecule has 1 aliphatic rings. The van der Waals surface area contributed by atoms with Gasteiger partial charge in [-0.25, -0.2) is 0 Å². The third-order valence-corrected chi connectivity index (χ3v) is 3.57. The van der Waals surface area contributed by atoms with Crippen LogP contribution in [0.4, 0.5) is 0 Å². The molecule has 0 bridgehead atoms. The molecule has 0 spiro atoms. The number of aryl methyl sites for hydroxylation is 2. The van der Waals surface area contributed by atoms with Gasteiger partial charge >= 0.3 is 0 Å². The van der Waals surface area contributed by atoms with Crippen molar-refractivity contribution in [3.8, 4) is 0 Å². The maximum Gasteiger partial charge on any atom is 0.287 e. The molecule has 1 unspecified atom stereocenters. The van der Waals surface area contributed by atoms with E-state index in [-0.39, 0.29) is 18.6 Å². The van der Waals surface area contributed by atoms with Gasteiger partial charge in [0.1, 0.15) is 17.2 Å². The number of nitrogens with zero attached hydrogens (tertiary/aromatic N) is 1. The Hall–Kier alpha value is -2.08. The molecule has 2 N–H and O–H groups in total. The summed E-state index contributed by atoms with van der Waals surface area (Å²) < 4.78 is 10.5. The molecular weight excluding hydrogens is 260 g/mol. The van der Waals surface area contributed by atoms with E-state index < -0.39 is 0 Å². The molecule has 106 valence electrons. The Morgan fingerprint density at radius 1 is 1.55 bits per heavy atom. The molecule has 20 heavy (non-hydrogen) atoms. The van der Waals surface area contributed by atoms with Crippen molar-refractivity contribution in [2.45, 2.75) is 38.8 Å². The first-order valence-electron chi connectivity index (χ1n) is 6.62. The van der Waals surface area contributed by atoms with Gasteiger partial charge in [-0.05, 0) is 31.9 Å². The summed E-state index contributed by atoms with van der Waals surface area (Å²) in [7, 11) is 0. The predicted molar refractivity (Wildman–Crippen MR) is 69.2 cm³/mol. The smallest absolute Gasteiger partial charge is 0.287 e. The first-order valence-corrected chi connectivity index (χ1v) is 6.62. The Bertz CT molecular complexity index is 615. The van der Waals surface area contributed by atoms with Gasteiger partial charge in [-0.2, -0.15) is 0 Å². The fourth-order valence-corrected chi connectivity index (χ4v) is 2.52. The van der Waals surface area contributed by atoms with E-state index in [0.29, 0.717) is 30.1 Å². The van der Waals surface area contributed by atoms with Crippen LogP contribution in [0.25, 0.3) is 0 Å². The van der Waals surface area contributed by atoms with Gasteiger partial charge < -0.3 is 19.4 Å². The Labute approximate surface area is 115 Å². The summed E-state index contributed by atoms with van der Waals surface area (Å²) in [6.45, 7) is 1.66. The van der Waals surface area contributed by atoms with Crippen molar-refractivity contribution in [1.82, 2.24) is 10.5 Å². The highest BCUT2D eigenvalue weighted by Gasteiger charge is 2.27. The molecule has 0 aromatic carbocycles. The minimum absolute atomic E-state index is 0.00473. The Kier molecular flexibility index (Phi) is 3.31. The molecule has 0 radical (unpaired) electrons. The Balaban J connectivity index is 1.69. The zero-order chi connectivity index (χ0) is 14.1. The highest BCUT2D eigenvalue weighted by molar-refractivity contribution is 5.91. The standard InChI is InChI=1S/C14H16N2O4/c1-8-2-4-13(19-8)14(18)15-9-3-5-12-10(6-9)11(7-17)16-20-12/h2,4,9,17H,3,5-7H2,1H3,(H,15,18). The van der Waals surface area contributed by atoms with Gasteiger partial charge in [0.05, 0.1) is 6.61 Å². The number of fused-ring (bicyclic) bond motifs is 1. The highest BCUT2D eigenvalue weighted by atomic mass is 16.5. The normalized spacial score (nSPS) is 17.8. The number of nitrogens with one attached hydrogen (secondary N) is 1. The van der Waals surface area contributed by atoms with Gasteiger partial charge in [-0.15, -0.1) is 0 Å². The molecule has 0 fully saturated rings. The lowest BCUT2D eigenvalue weighted by atomic mass is 9.92. The summed E-state index contributed by atoms with van der Waals surface area (Å²) in [5, 5.41) is 16.0. The van der Waals surface area contributed by atoms with E-state index in [2.05, 4.69) is 10.5 Å². The minimum atomic E-state index is -0.214. The second-order valence-electron chi connectivity index (χ2n) is 5.01. The summed E-state index contributed by atoms with van der Waals surface area (Å²) in [4.78, 5) is 12.0. The van der Waals surface area contributed by atoms with Crippen LogP contribution in [0.2, 0.25) is 0 Å². The van der Waals surface area contributed by atoms with Crippen LogP contribution in [0.3, 0.4) is 0 Å². The molecule has 1 amide bonds. The Morgan fingerprint density at radius 2 is 2.40 bits per heavy atom. The molecular formula is C14H16N2O4. The van der Waals surface area contributed by atoms with Crippen molar-refractivity contribution >= 4 is 5.91 Å². The SMILES string of the molecule is Cc1ccc(C(=O)NC2CCc3onc(CO)c3C2)o1. The molecule has 0 saturated carbocycles. The summed E-state index contributed by atoms with van der Waals surface area (Å²) in [5.74, 6) is 1.63. The lowest BCUT2D eigenvalue weighted by Gasteiger charge is -2.21. The average molecular weight is 276 g/mol. The number of carbonyl (C=O) groups is 1. The number of hydrogen-bond donors (Lipinski definition) is 2. The highest BCUT2D eigenvalue weighted by Crippen LogP contribution is 2.24. The number of carbonyl (C=O) groups excluding carboxylic acids is 1. The van der Waals surface area contributed by atoms with Crippen molar-refractivity contribution < 1.29 is 18.8 Å². The lowest BCUT2D eigenvalue weighted by Crippen LogP contribution is -2.38. The van der Waals surface area contributed by atoms with Crippen molar-refractivity contribution in [3.63, 3.8) is 0 Å². The van der Waals surface area contributed by atoms with Crippen LogP contribution in [0.15, 0.2) is 21.1 Å². The largest absolute Gasteiger partial charge is 0.456 e. The first kappa shape index (κ1) is 12.9. The third kappa shape index (κ3) is 2.34. The van der Waals surface area contributed by atoms with Gasteiger partial charge in [0.15, 0.2) is 5.76 Å². The number of hydrogen-bond acceptors (Lipinski definition) is 5. The van der Waals surface area contributed by atoms with Crippen LogP contribution in [0, 0.1) is 6.92 Å². The maximum absolute atomic E-state index is 12.0. The Morgan fingerprint density at radius 3 is 3.10 bits per heavy atom. The van der Waals surface area contributed by atoms with Crippen molar-refractivity contribution in [2.24, 2.45) is 0 Å². The molecule has 2 aromatic rings. The van der Waals surface area contributed by atoms with Crippen LogP contribution < -0.4 is 5.32 Å². The van der Waals surface area contributed by atoms with Crippen molar-refractivity contribution in [2.75, 3.05) is 0 Å². The molecule has 6 nitrogen and oxygen atoms in total. The number of furan rings is 1. The molecule has 0 aliphatic heterocycles. The molecule has 3 rings (SSSR count). The van der Waals surface area contributed by atoms with E-state index >= 15 is 0 Å². The average Bonchev–Trinajstić information content (AvgIpc) is 3.04. The molecule has 1 atom stereocenters. The van der Waals surface area contributed by atoms with Crippen LogP contribution in [-0.2, 0) is 19.4 Å². The van der Waals surface area contributed by atoms with Crippen molar-refractivity contribution in [3.05, 3.63) is 40.7 Å². The van der Waals surface area contributed by atoms with Gasteiger partial charge in [-0.3, -0.25) is 4.79 Å². The van der Waals surface area contributed by atoms with Gasteiger partial charge in [0.25, 0.3) is 5.91 Å². The fraction of sp³-hybridized carbons (Fsp3) is 0.429. The monoisotopic (exact) mass is 276 g/mol. The number of aromatic nitrogens is 1. The number of aliphatic hydroxyl groups excluding tert-OH is 1. The zero-order valence-corrected chi connectivity index (χ0v) is 11.2. The van der Waals surface area contributed by atoms with Gasteiger partial charge in [0, 0.05) is 18.0 Å². The van der Waals surface area contributed by atoms with E-state index in [4.69, 9.17) is 8.94 Å². The van der Waals surface area contributed by atoms with Gasteiger partial charge in [0.2, 0.25) is 0 Å². The second-order valence-corrected chi connectivity index (χ2v) is 5.01. The number of aliphatic hydroxyl groups is 1.